The molecule has 0 amide bonds. The van der Waals surface area contributed by atoms with E-state index in [-0.39, 0.29) is 24.0 Å². The van der Waals surface area contributed by atoms with Gasteiger partial charge in [-0.05, 0) is 30.5 Å². The van der Waals surface area contributed by atoms with Crippen LogP contribution in [-0.2, 0) is 11.3 Å². The van der Waals surface area contributed by atoms with E-state index in [4.69, 9.17) is 16.3 Å². The molecule has 6 heteroatoms. The molecule has 0 fully saturated rings. The van der Waals surface area contributed by atoms with E-state index in [0.717, 1.165) is 50.1 Å². The molecular formula is C16H23ClIN3O. The van der Waals surface area contributed by atoms with Gasteiger partial charge in [0.25, 0.3) is 0 Å². The van der Waals surface area contributed by atoms with Crippen LogP contribution in [-0.4, -0.2) is 32.8 Å². The van der Waals surface area contributed by atoms with Gasteiger partial charge < -0.3 is 15.4 Å². The Kier molecular flexibility index (Phi) is 9.50. The van der Waals surface area contributed by atoms with Crippen LogP contribution in [0.1, 0.15) is 18.4 Å². The molecule has 0 radical (unpaired) electrons. The molecule has 0 spiro atoms. The summed E-state index contributed by atoms with van der Waals surface area (Å²) in [4.78, 5) is 4.23. The molecule has 0 aromatic heterocycles. The van der Waals surface area contributed by atoms with E-state index < -0.39 is 0 Å². The van der Waals surface area contributed by atoms with Crippen molar-refractivity contribution in [1.29, 1.82) is 0 Å². The fraction of sp³-hybridized carbons (Fsp3) is 0.438. The first-order valence-corrected chi connectivity index (χ1v) is 7.60. The number of rotatable bonds is 5. The molecular weight excluding hydrogens is 413 g/mol. The summed E-state index contributed by atoms with van der Waals surface area (Å²) in [5.74, 6) is 0.817. The average molecular weight is 436 g/mol. The standard InChI is InChI=1S/C16H22ClN3O.HI/c1-18-16(19-9-6-13-7-10-21-11-8-13)20-12-14-2-4-15(17)5-3-14;/h2-5,7H,6,8-12H2,1H3,(H2,18,19,20);1H. The van der Waals surface area contributed by atoms with E-state index in [1.807, 2.05) is 24.3 Å². The first-order chi connectivity index (χ1) is 10.3. The van der Waals surface area contributed by atoms with Gasteiger partial charge in [0.2, 0.25) is 0 Å². The van der Waals surface area contributed by atoms with Crippen LogP contribution >= 0.6 is 35.6 Å². The highest BCUT2D eigenvalue weighted by Gasteiger charge is 2.04. The largest absolute Gasteiger partial charge is 0.377 e. The minimum absolute atomic E-state index is 0. The Morgan fingerprint density at radius 1 is 1.27 bits per heavy atom. The minimum atomic E-state index is 0. The van der Waals surface area contributed by atoms with Gasteiger partial charge >= 0.3 is 0 Å². The number of benzene rings is 1. The molecule has 2 rings (SSSR count). The van der Waals surface area contributed by atoms with Crippen LogP contribution in [0.25, 0.3) is 0 Å². The maximum absolute atomic E-state index is 5.87. The Morgan fingerprint density at radius 3 is 2.68 bits per heavy atom. The second kappa shape index (κ2) is 10.9. The number of hydrogen-bond acceptors (Lipinski definition) is 2. The summed E-state index contributed by atoms with van der Waals surface area (Å²) in [7, 11) is 1.78. The Hall–Kier alpha value is -0.790. The highest BCUT2D eigenvalue weighted by atomic mass is 127. The maximum atomic E-state index is 5.87. The summed E-state index contributed by atoms with van der Waals surface area (Å²) < 4.78 is 5.30. The Balaban J connectivity index is 0.00000242. The zero-order chi connectivity index (χ0) is 14.9. The fourth-order valence-electron chi connectivity index (χ4n) is 2.14. The van der Waals surface area contributed by atoms with E-state index in [9.17, 15) is 0 Å². The van der Waals surface area contributed by atoms with Gasteiger partial charge in [0.1, 0.15) is 0 Å². The van der Waals surface area contributed by atoms with E-state index >= 15 is 0 Å². The lowest BCUT2D eigenvalue weighted by Crippen LogP contribution is -2.37. The molecule has 0 unspecified atom stereocenters. The van der Waals surface area contributed by atoms with E-state index in [1.165, 1.54) is 11.1 Å². The molecule has 0 saturated carbocycles. The van der Waals surface area contributed by atoms with Crippen molar-refractivity contribution in [3.05, 3.63) is 46.5 Å². The van der Waals surface area contributed by atoms with Crippen LogP contribution in [0.3, 0.4) is 0 Å². The second-order valence-electron chi connectivity index (χ2n) is 4.92. The third-order valence-electron chi connectivity index (χ3n) is 3.39. The zero-order valence-corrected chi connectivity index (χ0v) is 15.9. The molecule has 4 nitrogen and oxygen atoms in total. The average Bonchev–Trinajstić information content (AvgIpc) is 2.53. The van der Waals surface area contributed by atoms with Crippen LogP contribution in [0.4, 0.5) is 0 Å². The third kappa shape index (κ3) is 6.98. The fourth-order valence-corrected chi connectivity index (χ4v) is 2.27. The molecule has 1 aromatic rings. The van der Waals surface area contributed by atoms with Crippen LogP contribution in [0.15, 0.2) is 40.9 Å². The summed E-state index contributed by atoms with van der Waals surface area (Å²) in [5, 5.41) is 7.38. The first-order valence-electron chi connectivity index (χ1n) is 7.22. The topological polar surface area (TPSA) is 45.7 Å². The molecule has 0 atom stereocenters. The maximum Gasteiger partial charge on any atom is 0.191 e. The van der Waals surface area contributed by atoms with Gasteiger partial charge in [-0.25, -0.2) is 0 Å². The van der Waals surface area contributed by atoms with Crippen LogP contribution in [0.5, 0.6) is 0 Å². The van der Waals surface area contributed by atoms with Gasteiger partial charge in [0.15, 0.2) is 5.96 Å². The van der Waals surface area contributed by atoms with E-state index in [2.05, 4.69) is 21.7 Å². The molecule has 1 aliphatic heterocycles. The number of nitrogens with one attached hydrogen (secondary N) is 2. The van der Waals surface area contributed by atoms with Gasteiger partial charge in [0.05, 0.1) is 13.2 Å². The lowest BCUT2D eigenvalue weighted by atomic mass is 10.1. The number of aliphatic imine (C=N–C) groups is 1. The molecule has 22 heavy (non-hydrogen) atoms. The predicted molar refractivity (Wildman–Crippen MR) is 103 cm³/mol. The number of guanidine groups is 1. The summed E-state index contributed by atoms with van der Waals surface area (Å²) in [6, 6.07) is 7.81. The quantitative estimate of drug-likeness (QED) is 0.323. The van der Waals surface area contributed by atoms with Crippen molar-refractivity contribution in [2.75, 3.05) is 26.8 Å². The van der Waals surface area contributed by atoms with Gasteiger partial charge in [-0.3, -0.25) is 4.99 Å². The number of hydrogen-bond donors (Lipinski definition) is 2. The van der Waals surface area contributed by atoms with Crippen molar-refractivity contribution in [3.63, 3.8) is 0 Å². The lowest BCUT2D eigenvalue weighted by Gasteiger charge is -2.15. The molecule has 1 heterocycles. The monoisotopic (exact) mass is 435 g/mol. The molecule has 2 N–H and O–H groups in total. The van der Waals surface area contributed by atoms with Crippen LogP contribution in [0, 0.1) is 0 Å². The Morgan fingerprint density at radius 2 is 2.05 bits per heavy atom. The third-order valence-corrected chi connectivity index (χ3v) is 3.64. The van der Waals surface area contributed by atoms with Crippen molar-refractivity contribution < 1.29 is 4.74 Å². The number of ether oxygens (including phenoxy) is 1. The molecule has 122 valence electrons. The summed E-state index contributed by atoms with van der Waals surface area (Å²) in [6.45, 7) is 3.20. The van der Waals surface area contributed by atoms with Crippen molar-refractivity contribution in [1.82, 2.24) is 10.6 Å². The highest BCUT2D eigenvalue weighted by Crippen LogP contribution is 2.11. The SMILES string of the molecule is CN=C(NCCC1=CCOCC1)NCc1ccc(Cl)cc1.I. The summed E-state index contributed by atoms with van der Waals surface area (Å²) in [5.41, 5.74) is 2.64. The Labute approximate surface area is 154 Å². The van der Waals surface area contributed by atoms with Gasteiger partial charge in [-0.2, -0.15) is 0 Å². The van der Waals surface area contributed by atoms with Gasteiger partial charge in [-0.15, -0.1) is 24.0 Å². The highest BCUT2D eigenvalue weighted by molar-refractivity contribution is 14.0. The molecule has 1 aromatic carbocycles. The van der Waals surface area contributed by atoms with Crippen LogP contribution < -0.4 is 10.6 Å². The van der Waals surface area contributed by atoms with Crippen molar-refractivity contribution >= 4 is 41.5 Å². The molecule has 0 bridgehead atoms. The Bertz CT molecular complexity index is 503. The summed E-state index contributed by atoms with van der Waals surface area (Å²) in [6.07, 6.45) is 4.25. The van der Waals surface area contributed by atoms with Crippen molar-refractivity contribution in [2.24, 2.45) is 4.99 Å². The number of halogens is 2. The predicted octanol–water partition coefficient (Wildman–Crippen LogP) is 3.36. The lowest BCUT2D eigenvalue weighted by molar-refractivity contribution is 0.153. The van der Waals surface area contributed by atoms with Crippen LogP contribution in [0.2, 0.25) is 5.02 Å². The van der Waals surface area contributed by atoms with E-state index in [1.54, 1.807) is 7.05 Å². The van der Waals surface area contributed by atoms with Gasteiger partial charge in [0, 0.05) is 25.2 Å². The van der Waals surface area contributed by atoms with Gasteiger partial charge in [-0.1, -0.05) is 35.4 Å². The molecule has 0 saturated heterocycles. The van der Waals surface area contributed by atoms with Crippen molar-refractivity contribution in [2.45, 2.75) is 19.4 Å². The summed E-state index contributed by atoms with van der Waals surface area (Å²) >= 11 is 5.87. The molecule has 1 aliphatic rings. The number of nitrogens with zero attached hydrogens (tertiary/aromatic N) is 1. The van der Waals surface area contributed by atoms with Crippen molar-refractivity contribution in [3.8, 4) is 0 Å². The normalized spacial score (nSPS) is 14.8. The smallest absolute Gasteiger partial charge is 0.191 e. The second-order valence-corrected chi connectivity index (χ2v) is 5.35. The van der Waals surface area contributed by atoms with E-state index in [0.29, 0.717) is 0 Å². The minimum Gasteiger partial charge on any atom is -0.377 e. The zero-order valence-electron chi connectivity index (χ0n) is 12.8. The first kappa shape index (κ1) is 19.3. The molecule has 0 aliphatic carbocycles.